The van der Waals surface area contributed by atoms with Gasteiger partial charge in [-0.25, -0.2) is 9.97 Å². The molecule has 13 heteroatoms. The molecule has 10 nitrogen and oxygen atoms in total. The predicted molar refractivity (Wildman–Crippen MR) is 134 cm³/mol. The number of hydrogen-bond acceptors (Lipinski definition) is 7. The molecule has 2 aromatic carbocycles. The Morgan fingerprint density at radius 3 is 2.40 bits per heavy atom. The largest absolute Gasteiger partial charge is 0.360 e. The molecule has 0 radical (unpaired) electrons. The van der Waals surface area contributed by atoms with Crippen LogP contribution in [0.2, 0.25) is 0 Å². The molecule has 2 heterocycles. The summed E-state index contributed by atoms with van der Waals surface area (Å²) in [5.41, 5.74) is 0.284. The molecular formula is C22H21N3O7P2S. The molecule has 0 atom stereocenters. The number of rotatable bonds is 8. The Balaban J connectivity index is 1.71. The Labute approximate surface area is 204 Å². The molecule has 4 rings (SSSR count). The zero-order valence-electron chi connectivity index (χ0n) is 18.3. The third-order valence-corrected chi connectivity index (χ3v) is 9.37. The van der Waals surface area contributed by atoms with Crippen molar-refractivity contribution >= 4 is 48.3 Å². The van der Waals surface area contributed by atoms with Gasteiger partial charge in [-0.05, 0) is 35.6 Å². The van der Waals surface area contributed by atoms with Crippen LogP contribution in [0.25, 0.3) is 21.6 Å². The molecule has 0 spiro atoms. The van der Waals surface area contributed by atoms with Crippen molar-refractivity contribution in [3.05, 3.63) is 76.7 Å². The number of ketones is 1. The van der Waals surface area contributed by atoms with Crippen LogP contribution >= 0.6 is 26.5 Å². The summed E-state index contributed by atoms with van der Waals surface area (Å²) in [7, 11) is -10.5. The number of fused-ring (bicyclic) bond motifs is 1. The summed E-state index contributed by atoms with van der Waals surface area (Å²) >= 11 is 1.23. The van der Waals surface area contributed by atoms with Gasteiger partial charge in [0.05, 0.1) is 5.39 Å². The van der Waals surface area contributed by atoms with Crippen molar-refractivity contribution in [1.82, 2.24) is 9.97 Å². The maximum absolute atomic E-state index is 12.8. The summed E-state index contributed by atoms with van der Waals surface area (Å²) in [4.78, 5) is 60.1. The molecule has 0 amide bonds. The van der Waals surface area contributed by atoms with E-state index in [1.54, 1.807) is 47.8 Å². The molecule has 2 aromatic heterocycles. The topological polar surface area (TPSA) is 170 Å². The highest BCUT2D eigenvalue weighted by molar-refractivity contribution is 7.71. The predicted octanol–water partition coefficient (Wildman–Crippen LogP) is 4.14. The van der Waals surface area contributed by atoms with E-state index in [1.165, 1.54) is 11.3 Å². The van der Waals surface area contributed by atoms with Crippen LogP contribution in [0.5, 0.6) is 0 Å². The Bertz CT molecular complexity index is 1490. The van der Waals surface area contributed by atoms with Gasteiger partial charge in [0.25, 0.3) is 0 Å². The smallest absolute Gasteiger partial charge is 0.346 e. The molecule has 0 fully saturated rings. The molecule has 5 N–H and O–H groups in total. The number of benzene rings is 2. The lowest BCUT2D eigenvalue weighted by atomic mass is 9.98. The average Bonchev–Trinajstić information content (AvgIpc) is 3.25. The van der Waals surface area contributed by atoms with Gasteiger partial charge < -0.3 is 24.9 Å². The number of hydrogen-bond donors (Lipinski definition) is 5. The van der Waals surface area contributed by atoms with Crippen molar-refractivity contribution in [3.63, 3.8) is 0 Å². The van der Waals surface area contributed by atoms with Crippen LogP contribution in [0.4, 0.5) is 5.82 Å². The molecular weight excluding hydrogens is 512 g/mol. The van der Waals surface area contributed by atoms with Crippen LogP contribution in [0.3, 0.4) is 0 Å². The number of Topliss-reactive ketones (excluding diaryl/α,β-unsaturated/α-hetero) is 1. The van der Waals surface area contributed by atoms with Gasteiger partial charge in [-0.15, -0.1) is 11.3 Å². The van der Waals surface area contributed by atoms with Crippen LogP contribution in [0.1, 0.15) is 21.5 Å². The number of aryl methyl sites for hydroxylation is 1. The first-order valence-electron chi connectivity index (χ1n) is 10.2. The van der Waals surface area contributed by atoms with Gasteiger partial charge in [0.2, 0.25) is 5.52 Å². The van der Waals surface area contributed by atoms with Gasteiger partial charge in [-0.2, -0.15) is 0 Å². The summed E-state index contributed by atoms with van der Waals surface area (Å²) in [6.45, 7) is 1.87. The van der Waals surface area contributed by atoms with Crippen LogP contribution in [0.15, 0.2) is 60.0 Å². The molecule has 0 bridgehead atoms. The number of aromatic nitrogens is 2. The number of carbonyl (C=O) groups excluding carboxylic acids is 1. The third kappa shape index (κ3) is 5.74. The lowest BCUT2D eigenvalue weighted by Crippen LogP contribution is -2.21. The van der Waals surface area contributed by atoms with Gasteiger partial charge in [-0.1, -0.05) is 42.5 Å². The summed E-state index contributed by atoms with van der Waals surface area (Å²) in [6, 6.07) is 15.9. The SMILES string of the molecule is Cc1ccccc1C(=O)Cc1cccc(-c2nc(NC(P(=O)(O)O)P(=O)(O)O)c3ccsc3n2)c1. The van der Waals surface area contributed by atoms with E-state index < -0.39 is 20.7 Å². The second-order valence-electron chi connectivity index (χ2n) is 7.85. The van der Waals surface area contributed by atoms with Crippen molar-refractivity contribution < 1.29 is 33.5 Å². The number of nitrogens with one attached hydrogen (secondary N) is 1. The fraction of sp³-hybridized carbons (Fsp3) is 0.136. The van der Waals surface area contributed by atoms with E-state index in [2.05, 4.69) is 15.3 Å². The molecule has 0 unspecified atom stereocenters. The lowest BCUT2D eigenvalue weighted by molar-refractivity contribution is 0.0992. The summed E-state index contributed by atoms with van der Waals surface area (Å²) in [6.07, 6.45) is 0.142. The minimum absolute atomic E-state index is 0.0524. The molecule has 4 aromatic rings. The summed E-state index contributed by atoms with van der Waals surface area (Å²) < 4.78 is 23.5. The van der Waals surface area contributed by atoms with Crippen molar-refractivity contribution in [2.45, 2.75) is 18.9 Å². The van der Waals surface area contributed by atoms with Gasteiger partial charge in [0.15, 0.2) is 11.6 Å². The first-order chi connectivity index (χ1) is 16.4. The van der Waals surface area contributed by atoms with E-state index in [0.29, 0.717) is 26.9 Å². The highest BCUT2D eigenvalue weighted by Crippen LogP contribution is 2.59. The van der Waals surface area contributed by atoms with Crippen molar-refractivity contribution in [2.24, 2.45) is 0 Å². The molecule has 0 saturated heterocycles. The second-order valence-corrected chi connectivity index (χ2v) is 12.5. The van der Waals surface area contributed by atoms with Crippen LogP contribution in [-0.4, -0.2) is 40.8 Å². The van der Waals surface area contributed by atoms with E-state index in [4.69, 9.17) is 0 Å². The first kappa shape index (κ1) is 25.3. The van der Waals surface area contributed by atoms with Gasteiger partial charge in [0.1, 0.15) is 10.6 Å². The van der Waals surface area contributed by atoms with E-state index in [-0.39, 0.29) is 23.8 Å². The van der Waals surface area contributed by atoms with Gasteiger partial charge in [-0.3, -0.25) is 13.9 Å². The number of nitrogens with zero attached hydrogens (tertiary/aromatic N) is 2. The minimum Gasteiger partial charge on any atom is -0.346 e. The molecule has 0 saturated carbocycles. The van der Waals surface area contributed by atoms with Crippen LogP contribution in [-0.2, 0) is 15.6 Å². The zero-order chi connectivity index (χ0) is 25.4. The normalized spacial score (nSPS) is 12.3. The Kier molecular flexibility index (Phi) is 7.04. The van der Waals surface area contributed by atoms with E-state index in [0.717, 1.165) is 5.56 Å². The Morgan fingerprint density at radius 1 is 1.00 bits per heavy atom. The Morgan fingerprint density at radius 2 is 1.71 bits per heavy atom. The first-order valence-corrected chi connectivity index (χ1v) is 14.5. The van der Waals surface area contributed by atoms with Crippen molar-refractivity contribution in [3.8, 4) is 11.4 Å². The van der Waals surface area contributed by atoms with E-state index >= 15 is 0 Å². The quantitative estimate of drug-likeness (QED) is 0.164. The summed E-state index contributed by atoms with van der Waals surface area (Å²) in [5.74, 6) is -0.00420. The monoisotopic (exact) mass is 533 g/mol. The second kappa shape index (κ2) is 9.72. The number of anilines is 1. The molecule has 0 aliphatic rings. The lowest BCUT2D eigenvalue weighted by Gasteiger charge is -2.21. The standard InChI is InChI=1S/C22H21N3O7P2S/c1-13-5-2-3-8-16(13)18(26)12-14-6-4-7-15(11-14)19-23-20(17-9-10-35-21(17)24-19)25-22(33(27,28)29)34(30,31)32/h2-11,22H,12H2,1H3,(H,23,24,25)(H2,27,28,29)(H2,30,31,32). The van der Waals surface area contributed by atoms with E-state index in [1.807, 2.05) is 19.1 Å². The molecule has 0 aliphatic heterocycles. The molecule has 0 aliphatic carbocycles. The highest BCUT2D eigenvalue weighted by Gasteiger charge is 2.44. The maximum Gasteiger partial charge on any atom is 0.360 e. The van der Waals surface area contributed by atoms with Gasteiger partial charge >= 0.3 is 15.2 Å². The molecule has 35 heavy (non-hydrogen) atoms. The zero-order valence-corrected chi connectivity index (χ0v) is 20.9. The molecule has 182 valence electrons. The van der Waals surface area contributed by atoms with Crippen molar-refractivity contribution in [1.29, 1.82) is 0 Å². The fourth-order valence-electron chi connectivity index (χ4n) is 3.57. The number of thiophene rings is 1. The summed E-state index contributed by atoms with van der Waals surface area (Å²) in [5, 5.41) is 4.28. The van der Waals surface area contributed by atoms with Crippen molar-refractivity contribution in [2.75, 3.05) is 5.32 Å². The fourth-order valence-corrected chi connectivity index (χ4v) is 6.48. The van der Waals surface area contributed by atoms with E-state index in [9.17, 15) is 33.5 Å². The average molecular weight is 533 g/mol. The third-order valence-electron chi connectivity index (χ3n) is 5.22. The maximum atomic E-state index is 12.8. The van der Waals surface area contributed by atoms with Crippen LogP contribution in [0, 0.1) is 6.92 Å². The Hall–Kier alpha value is -2.75. The van der Waals surface area contributed by atoms with Crippen LogP contribution < -0.4 is 5.32 Å². The van der Waals surface area contributed by atoms with Gasteiger partial charge in [0, 0.05) is 17.5 Å². The number of carbonyl (C=O) groups is 1. The highest BCUT2D eigenvalue weighted by atomic mass is 32.1. The minimum atomic E-state index is -5.24.